The Morgan fingerprint density at radius 1 is 1.10 bits per heavy atom. The van der Waals surface area contributed by atoms with Crippen LogP contribution in [0.25, 0.3) is 11.5 Å². The van der Waals surface area contributed by atoms with Gasteiger partial charge in [-0.2, -0.15) is 4.98 Å². The second-order valence-electron chi connectivity index (χ2n) is 6.23. The minimum absolute atomic E-state index is 0.132. The summed E-state index contributed by atoms with van der Waals surface area (Å²) in [6.45, 7) is -0.132. The second kappa shape index (κ2) is 9.15. The molecule has 4 rings (SSSR count). The molecule has 2 heterocycles. The molecule has 2 aromatic heterocycles. The molecule has 0 aliphatic rings. The fourth-order valence-corrected chi connectivity index (χ4v) is 2.80. The average molecular weight is 422 g/mol. The molecule has 0 saturated carbocycles. The average Bonchev–Trinajstić information content (AvgIpc) is 3.24. The topological polar surface area (TPSA) is 103 Å². The van der Waals surface area contributed by atoms with Gasteiger partial charge in [-0.3, -0.25) is 9.78 Å². The van der Waals surface area contributed by atoms with Gasteiger partial charge in [-0.05, 0) is 35.9 Å². The maximum atomic E-state index is 12.3. The Morgan fingerprint density at radius 3 is 2.73 bits per heavy atom. The molecular weight excluding hydrogens is 406 g/mol. The van der Waals surface area contributed by atoms with E-state index in [9.17, 15) is 4.79 Å². The van der Waals surface area contributed by atoms with Crippen LogP contribution >= 0.6 is 11.6 Å². The molecule has 0 spiro atoms. The van der Waals surface area contributed by atoms with Crippen molar-refractivity contribution in [3.63, 3.8) is 0 Å². The normalized spacial score (nSPS) is 10.6. The number of anilines is 1. The zero-order chi connectivity index (χ0) is 20.8. The van der Waals surface area contributed by atoms with Gasteiger partial charge in [0, 0.05) is 23.1 Å². The van der Waals surface area contributed by atoms with Gasteiger partial charge in [-0.25, -0.2) is 4.98 Å². The first-order valence-corrected chi connectivity index (χ1v) is 9.40. The number of carbonyl (C=O) groups excluding carboxylic acids is 1. The van der Waals surface area contributed by atoms with E-state index in [1.54, 1.807) is 48.9 Å². The van der Waals surface area contributed by atoms with E-state index in [2.05, 4.69) is 25.4 Å². The Morgan fingerprint density at radius 2 is 1.93 bits per heavy atom. The van der Waals surface area contributed by atoms with Crippen molar-refractivity contribution < 1.29 is 14.1 Å². The SMILES string of the molecule is O=C(COc1ccc(Cl)cc1)Nc1ccccc1Cc1nc(-c2cnccn2)no1. The van der Waals surface area contributed by atoms with E-state index in [-0.39, 0.29) is 12.5 Å². The van der Waals surface area contributed by atoms with E-state index < -0.39 is 0 Å². The van der Waals surface area contributed by atoms with E-state index in [1.807, 2.05) is 18.2 Å². The van der Waals surface area contributed by atoms with Gasteiger partial charge in [0.15, 0.2) is 6.61 Å². The third-order valence-corrected chi connectivity index (χ3v) is 4.33. The van der Waals surface area contributed by atoms with Crippen molar-refractivity contribution in [3.05, 3.63) is 83.6 Å². The van der Waals surface area contributed by atoms with Crippen molar-refractivity contribution in [1.82, 2.24) is 20.1 Å². The number of ether oxygens (including phenoxy) is 1. The van der Waals surface area contributed by atoms with Crippen LogP contribution in [0.5, 0.6) is 5.75 Å². The highest BCUT2D eigenvalue weighted by Gasteiger charge is 2.13. The zero-order valence-corrected chi connectivity index (χ0v) is 16.4. The lowest BCUT2D eigenvalue weighted by atomic mass is 10.1. The third kappa shape index (κ3) is 4.98. The summed E-state index contributed by atoms with van der Waals surface area (Å²) in [6.07, 6.45) is 5.04. The molecule has 9 heteroatoms. The van der Waals surface area contributed by atoms with Gasteiger partial charge >= 0.3 is 0 Å². The number of amides is 1. The van der Waals surface area contributed by atoms with Gasteiger partial charge < -0.3 is 14.6 Å². The van der Waals surface area contributed by atoms with E-state index in [0.717, 1.165) is 5.56 Å². The van der Waals surface area contributed by atoms with Crippen molar-refractivity contribution in [2.75, 3.05) is 11.9 Å². The molecule has 0 atom stereocenters. The highest BCUT2D eigenvalue weighted by atomic mass is 35.5. The lowest BCUT2D eigenvalue weighted by Crippen LogP contribution is -2.21. The Kier molecular flexibility index (Phi) is 5.95. The fourth-order valence-electron chi connectivity index (χ4n) is 2.67. The summed E-state index contributed by atoms with van der Waals surface area (Å²) in [5.74, 6) is 1.03. The molecule has 0 fully saturated rings. The van der Waals surface area contributed by atoms with Crippen LogP contribution in [0, 0.1) is 0 Å². The van der Waals surface area contributed by atoms with Crippen molar-refractivity contribution in [1.29, 1.82) is 0 Å². The van der Waals surface area contributed by atoms with Crippen LogP contribution in [-0.4, -0.2) is 32.6 Å². The van der Waals surface area contributed by atoms with Gasteiger partial charge in [-0.15, -0.1) is 0 Å². The Hall–Kier alpha value is -3.78. The van der Waals surface area contributed by atoms with Gasteiger partial charge in [0.2, 0.25) is 11.7 Å². The second-order valence-corrected chi connectivity index (χ2v) is 6.66. The summed E-state index contributed by atoms with van der Waals surface area (Å²) in [5.41, 5.74) is 1.99. The number of aromatic nitrogens is 4. The molecule has 1 amide bonds. The van der Waals surface area contributed by atoms with Crippen molar-refractivity contribution >= 4 is 23.2 Å². The summed E-state index contributed by atoms with van der Waals surface area (Å²) in [6, 6.07) is 14.2. The monoisotopic (exact) mass is 421 g/mol. The molecule has 0 bridgehead atoms. The van der Waals surface area contributed by atoms with Crippen molar-refractivity contribution in [2.45, 2.75) is 6.42 Å². The first-order chi connectivity index (χ1) is 14.7. The molecule has 8 nitrogen and oxygen atoms in total. The van der Waals surface area contributed by atoms with Crippen LogP contribution in [0.2, 0.25) is 5.02 Å². The maximum absolute atomic E-state index is 12.3. The van der Waals surface area contributed by atoms with E-state index in [1.165, 1.54) is 0 Å². The number of carbonyl (C=O) groups is 1. The van der Waals surface area contributed by atoms with E-state index in [4.69, 9.17) is 20.9 Å². The maximum Gasteiger partial charge on any atom is 0.262 e. The van der Waals surface area contributed by atoms with Crippen LogP contribution in [0.1, 0.15) is 11.5 Å². The molecule has 0 saturated heterocycles. The van der Waals surface area contributed by atoms with Crippen LogP contribution in [0.4, 0.5) is 5.69 Å². The van der Waals surface area contributed by atoms with Crippen LogP contribution < -0.4 is 10.1 Å². The van der Waals surface area contributed by atoms with Gasteiger partial charge in [0.1, 0.15) is 11.4 Å². The molecule has 4 aromatic rings. The molecule has 1 N–H and O–H groups in total. The van der Waals surface area contributed by atoms with Gasteiger partial charge in [0.25, 0.3) is 5.91 Å². The summed E-state index contributed by atoms with van der Waals surface area (Å²) in [4.78, 5) is 24.8. The molecule has 0 aliphatic heterocycles. The van der Waals surface area contributed by atoms with E-state index >= 15 is 0 Å². The highest BCUT2D eigenvalue weighted by molar-refractivity contribution is 6.30. The standard InChI is InChI=1S/C21H16ClN5O3/c22-15-5-7-16(8-6-15)29-13-19(28)25-17-4-2-1-3-14(17)11-20-26-21(27-30-20)18-12-23-9-10-24-18/h1-10,12H,11,13H2,(H,25,28). The molecule has 0 radical (unpaired) electrons. The lowest BCUT2D eigenvalue weighted by Gasteiger charge is -2.10. The first kappa shape index (κ1) is 19.5. The number of para-hydroxylation sites is 1. The number of nitrogens with zero attached hydrogens (tertiary/aromatic N) is 4. The van der Waals surface area contributed by atoms with Gasteiger partial charge in [0.05, 0.1) is 12.6 Å². The molecular formula is C21H16ClN5O3. The number of benzene rings is 2. The number of rotatable bonds is 7. The molecule has 0 aliphatic carbocycles. The number of nitrogens with one attached hydrogen (secondary N) is 1. The minimum Gasteiger partial charge on any atom is -0.484 e. The molecule has 30 heavy (non-hydrogen) atoms. The van der Waals surface area contributed by atoms with Crippen molar-refractivity contribution in [2.24, 2.45) is 0 Å². The Bertz CT molecular complexity index is 1130. The van der Waals surface area contributed by atoms with Gasteiger partial charge in [-0.1, -0.05) is 35.0 Å². The Labute approximate surface area is 176 Å². The number of halogens is 1. The number of hydrogen-bond donors (Lipinski definition) is 1. The predicted octanol–water partition coefficient (Wildman–Crippen LogP) is 3.79. The first-order valence-electron chi connectivity index (χ1n) is 9.02. The quantitative estimate of drug-likeness (QED) is 0.484. The fraction of sp³-hybridized carbons (Fsp3) is 0.0952. The van der Waals surface area contributed by atoms with E-state index in [0.29, 0.717) is 40.3 Å². The van der Waals surface area contributed by atoms with Crippen LogP contribution in [-0.2, 0) is 11.2 Å². The number of hydrogen-bond acceptors (Lipinski definition) is 7. The summed E-state index contributed by atoms with van der Waals surface area (Å²) >= 11 is 5.84. The minimum atomic E-state index is -0.289. The molecule has 2 aromatic carbocycles. The lowest BCUT2D eigenvalue weighted by molar-refractivity contribution is -0.118. The summed E-state index contributed by atoms with van der Waals surface area (Å²) in [7, 11) is 0. The molecule has 150 valence electrons. The summed E-state index contributed by atoms with van der Waals surface area (Å²) in [5, 5.41) is 7.39. The van der Waals surface area contributed by atoms with Crippen LogP contribution in [0.3, 0.4) is 0 Å². The van der Waals surface area contributed by atoms with Crippen LogP contribution in [0.15, 0.2) is 71.6 Å². The predicted molar refractivity (Wildman–Crippen MR) is 110 cm³/mol. The smallest absolute Gasteiger partial charge is 0.262 e. The highest BCUT2D eigenvalue weighted by Crippen LogP contribution is 2.20. The Balaban J connectivity index is 1.40. The largest absolute Gasteiger partial charge is 0.484 e. The third-order valence-electron chi connectivity index (χ3n) is 4.08. The zero-order valence-electron chi connectivity index (χ0n) is 15.7. The molecule has 0 unspecified atom stereocenters. The van der Waals surface area contributed by atoms with Crippen molar-refractivity contribution in [3.8, 4) is 17.3 Å². The summed E-state index contributed by atoms with van der Waals surface area (Å²) < 4.78 is 10.8.